The van der Waals surface area contributed by atoms with Crippen LogP contribution in [0.5, 0.6) is 11.5 Å². The van der Waals surface area contributed by atoms with Crippen LogP contribution in [0.1, 0.15) is 75.3 Å². The van der Waals surface area contributed by atoms with E-state index in [0.29, 0.717) is 18.6 Å². The highest BCUT2D eigenvalue weighted by molar-refractivity contribution is 5.77. The molecular weight excluding hydrogens is 374 g/mol. The van der Waals surface area contributed by atoms with Crippen LogP contribution in [0.15, 0.2) is 17.7 Å². The van der Waals surface area contributed by atoms with E-state index in [4.69, 9.17) is 9.47 Å². The van der Waals surface area contributed by atoms with Gasteiger partial charge in [0, 0.05) is 17.5 Å². The van der Waals surface area contributed by atoms with Crippen molar-refractivity contribution in [3.63, 3.8) is 0 Å². The van der Waals surface area contributed by atoms with Crippen LogP contribution in [0.25, 0.3) is 5.70 Å². The fourth-order valence-corrected chi connectivity index (χ4v) is 5.44. The minimum Gasteiger partial charge on any atom is -0.493 e. The van der Waals surface area contributed by atoms with Gasteiger partial charge in [-0.3, -0.25) is 0 Å². The number of benzene rings is 1. The number of hydrogen-bond donors (Lipinski definition) is 1. The maximum Gasteiger partial charge on any atom is 0.161 e. The average molecular weight is 410 g/mol. The van der Waals surface area contributed by atoms with Crippen molar-refractivity contribution in [2.45, 2.75) is 70.3 Å². The molecule has 0 spiro atoms. The summed E-state index contributed by atoms with van der Waals surface area (Å²) in [7, 11) is 1.69. The largest absolute Gasteiger partial charge is 0.493 e. The topological polar surface area (TPSA) is 57.5 Å². The number of rotatable bonds is 7. The molecule has 5 nitrogen and oxygen atoms in total. The fourth-order valence-electron chi connectivity index (χ4n) is 5.44. The molecule has 0 bridgehead atoms. The van der Waals surface area contributed by atoms with Gasteiger partial charge in [-0.1, -0.05) is 12.8 Å². The minimum absolute atomic E-state index is 0.408. The second kappa shape index (κ2) is 9.75. The maximum absolute atomic E-state index is 10.0. The highest BCUT2D eigenvalue weighted by atomic mass is 16.5. The molecule has 30 heavy (non-hydrogen) atoms. The highest BCUT2D eigenvalue weighted by Gasteiger charge is 2.35. The molecule has 5 heteroatoms. The van der Waals surface area contributed by atoms with Crippen LogP contribution < -0.4 is 14.8 Å². The Balaban J connectivity index is 1.68. The molecule has 0 radical (unpaired) electrons. The zero-order valence-electron chi connectivity index (χ0n) is 18.5. The first kappa shape index (κ1) is 21.1. The monoisotopic (exact) mass is 409 g/mol. The Hall–Kier alpha value is -2.19. The Kier molecular flexibility index (Phi) is 6.84. The van der Waals surface area contributed by atoms with Gasteiger partial charge in [-0.15, -0.1) is 0 Å². The Morgan fingerprint density at radius 3 is 2.70 bits per heavy atom. The predicted octanol–water partition coefficient (Wildman–Crippen LogP) is 4.83. The van der Waals surface area contributed by atoms with Gasteiger partial charge >= 0.3 is 0 Å². The summed E-state index contributed by atoms with van der Waals surface area (Å²) in [4.78, 5) is 2.52. The van der Waals surface area contributed by atoms with Gasteiger partial charge < -0.3 is 19.7 Å². The van der Waals surface area contributed by atoms with Crippen molar-refractivity contribution < 1.29 is 9.47 Å². The second-order valence-electron chi connectivity index (χ2n) is 8.78. The Labute approximate surface area is 181 Å². The molecule has 1 saturated heterocycles. The SMILES string of the molecule is CCOc1cc2c(cc1OC)/C(=C(/C#N)CCCN1CCCC1)NC1CCCCC21. The van der Waals surface area contributed by atoms with E-state index < -0.39 is 0 Å². The van der Waals surface area contributed by atoms with Gasteiger partial charge in [0.1, 0.15) is 0 Å². The molecule has 0 amide bonds. The van der Waals surface area contributed by atoms with E-state index in [1.807, 2.05) is 6.92 Å². The van der Waals surface area contributed by atoms with E-state index in [1.165, 1.54) is 50.8 Å². The van der Waals surface area contributed by atoms with E-state index in [1.54, 1.807) is 7.11 Å². The van der Waals surface area contributed by atoms with E-state index in [2.05, 4.69) is 28.4 Å². The Bertz CT molecular complexity index is 820. The summed E-state index contributed by atoms with van der Waals surface area (Å²) in [5, 5.41) is 13.8. The smallest absolute Gasteiger partial charge is 0.161 e. The summed E-state index contributed by atoms with van der Waals surface area (Å²) < 4.78 is 11.5. The van der Waals surface area contributed by atoms with E-state index in [-0.39, 0.29) is 0 Å². The Morgan fingerprint density at radius 1 is 1.17 bits per heavy atom. The quantitative estimate of drug-likeness (QED) is 0.654. The Morgan fingerprint density at radius 2 is 1.97 bits per heavy atom. The van der Waals surface area contributed by atoms with Crippen LogP contribution in [-0.4, -0.2) is 44.3 Å². The molecule has 162 valence electrons. The van der Waals surface area contributed by atoms with Crippen molar-refractivity contribution in [2.24, 2.45) is 0 Å². The standard InChI is InChI=1S/C25H35N3O2/c1-3-30-24-15-20-19-10-4-5-11-22(19)27-25(21(20)16-23(24)29-2)18(17-26)9-8-14-28-12-6-7-13-28/h15-16,19,22,27H,3-14H2,1-2H3/b25-18-. The van der Waals surface area contributed by atoms with Gasteiger partial charge in [-0.25, -0.2) is 0 Å². The number of likely N-dealkylation sites (tertiary alicyclic amines) is 1. The molecule has 1 aromatic rings. The van der Waals surface area contributed by atoms with Crippen LogP contribution in [0.2, 0.25) is 0 Å². The molecule has 0 aromatic heterocycles. The van der Waals surface area contributed by atoms with Crippen LogP contribution in [-0.2, 0) is 0 Å². The van der Waals surface area contributed by atoms with Gasteiger partial charge in [0.15, 0.2) is 11.5 Å². The predicted molar refractivity (Wildman–Crippen MR) is 120 cm³/mol. The van der Waals surface area contributed by atoms with Crippen molar-refractivity contribution in [1.82, 2.24) is 10.2 Å². The number of allylic oxidation sites excluding steroid dienone is 1. The van der Waals surface area contributed by atoms with Crippen LogP contribution >= 0.6 is 0 Å². The molecule has 1 aliphatic carbocycles. The van der Waals surface area contributed by atoms with E-state index in [9.17, 15) is 5.26 Å². The molecule has 2 aliphatic heterocycles. The van der Waals surface area contributed by atoms with Gasteiger partial charge in [0.2, 0.25) is 0 Å². The molecule has 1 N–H and O–H groups in total. The van der Waals surface area contributed by atoms with Crippen molar-refractivity contribution in [2.75, 3.05) is 33.4 Å². The van der Waals surface area contributed by atoms with Crippen LogP contribution in [0, 0.1) is 11.3 Å². The van der Waals surface area contributed by atoms with Crippen LogP contribution in [0.4, 0.5) is 0 Å². The van der Waals surface area contributed by atoms with E-state index in [0.717, 1.165) is 54.1 Å². The van der Waals surface area contributed by atoms with Crippen molar-refractivity contribution in [1.29, 1.82) is 5.26 Å². The third kappa shape index (κ3) is 4.30. The molecule has 2 unspecified atom stereocenters. The third-order valence-electron chi connectivity index (χ3n) is 6.94. The first-order chi connectivity index (χ1) is 14.7. The number of fused-ring (bicyclic) bond motifs is 3. The van der Waals surface area contributed by atoms with E-state index >= 15 is 0 Å². The average Bonchev–Trinajstić information content (AvgIpc) is 3.30. The maximum atomic E-state index is 10.0. The molecule has 1 aromatic carbocycles. The summed E-state index contributed by atoms with van der Waals surface area (Å²) in [6.07, 6.45) is 9.34. The summed E-state index contributed by atoms with van der Waals surface area (Å²) in [5.74, 6) is 2.04. The number of nitrogens with zero attached hydrogens (tertiary/aromatic N) is 2. The number of ether oxygens (including phenoxy) is 2. The van der Waals surface area contributed by atoms with Crippen molar-refractivity contribution in [3.05, 3.63) is 28.8 Å². The zero-order valence-corrected chi connectivity index (χ0v) is 18.5. The van der Waals surface area contributed by atoms with Crippen LogP contribution in [0.3, 0.4) is 0 Å². The fraction of sp³-hybridized carbons (Fsp3) is 0.640. The van der Waals surface area contributed by atoms with Gasteiger partial charge in [-0.2, -0.15) is 5.26 Å². The lowest BCUT2D eigenvalue weighted by molar-refractivity contribution is 0.306. The third-order valence-corrected chi connectivity index (χ3v) is 6.94. The van der Waals surface area contributed by atoms with Gasteiger partial charge in [0.05, 0.1) is 31.1 Å². The summed E-state index contributed by atoms with van der Waals surface area (Å²) in [5.41, 5.74) is 4.37. The molecule has 3 aliphatic rings. The number of nitrogens with one attached hydrogen (secondary N) is 1. The first-order valence-corrected chi connectivity index (χ1v) is 11.7. The van der Waals surface area contributed by atoms with Gasteiger partial charge in [-0.05, 0) is 82.8 Å². The van der Waals surface area contributed by atoms with Crippen molar-refractivity contribution in [3.8, 4) is 17.6 Å². The lowest BCUT2D eigenvalue weighted by Gasteiger charge is -2.40. The first-order valence-electron chi connectivity index (χ1n) is 11.7. The minimum atomic E-state index is 0.408. The number of nitriles is 1. The molecule has 2 fully saturated rings. The molecule has 1 saturated carbocycles. The molecule has 4 rings (SSSR count). The highest BCUT2D eigenvalue weighted by Crippen LogP contribution is 2.46. The van der Waals surface area contributed by atoms with Gasteiger partial charge in [0.25, 0.3) is 0 Å². The lowest BCUT2D eigenvalue weighted by atomic mass is 9.74. The normalized spacial score (nSPS) is 25.0. The summed E-state index contributed by atoms with van der Waals surface area (Å²) >= 11 is 0. The molecular formula is C25H35N3O2. The summed E-state index contributed by atoms with van der Waals surface area (Å²) in [6, 6.07) is 7.22. The molecule has 2 heterocycles. The molecule has 2 atom stereocenters. The second-order valence-corrected chi connectivity index (χ2v) is 8.78. The van der Waals surface area contributed by atoms with Crippen molar-refractivity contribution >= 4 is 5.70 Å². The number of hydrogen-bond acceptors (Lipinski definition) is 5. The zero-order chi connectivity index (χ0) is 20.9. The number of methoxy groups -OCH3 is 1. The summed E-state index contributed by atoms with van der Waals surface area (Å²) in [6.45, 7) is 6.12. The lowest BCUT2D eigenvalue weighted by Crippen LogP contribution is -2.41.